The molecule has 0 aliphatic carbocycles. The molecule has 2 heterocycles. The molecule has 2 saturated heterocycles. The Bertz CT molecular complexity index is 612. The van der Waals surface area contributed by atoms with Gasteiger partial charge in [0.05, 0.1) is 18.1 Å². The Hall–Kier alpha value is 0.426. The van der Waals surface area contributed by atoms with E-state index >= 15 is 0 Å². The van der Waals surface area contributed by atoms with E-state index in [2.05, 4.69) is 0 Å². The number of β-amino-alcohol motifs (C(OH)–C–C–N with tert-alkyl or cyclic N) is 1. The van der Waals surface area contributed by atoms with Gasteiger partial charge in [-0.1, -0.05) is 17.7 Å². The minimum atomic E-state index is -1.31. The molecule has 0 bridgehead atoms. The van der Waals surface area contributed by atoms with Crippen LogP contribution in [-0.2, 0) is 9.53 Å². The van der Waals surface area contributed by atoms with E-state index < -0.39 is 23.9 Å². The third-order valence-electron chi connectivity index (χ3n) is 4.97. The van der Waals surface area contributed by atoms with E-state index in [0.29, 0.717) is 32.6 Å². The van der Waals surface area contributed by atoms with Crippen molar-refractivity contribution in [2.24, 2.45) is 5.41 Å². The first-order valence-corrected chi connectivity index (χ1v) is 7.96. The second kappa shape index (κ2) is 8.41. The monoisotopic (exact) mass is 381 g/mol. The Balaban J connectivity index is 0.00000208. The number of carbonyl (C=O) groups is 1. The van der Waals surface area contributed by atoms with Crippen LogP contribution in [0.3, 0.4) is 0 Å². The molecule has 2 aliphatic rings. The first-order valence-electron chi connectivity index (χ1n) is 7.59. The van der Waals surface area contributed by atoms with Crippen molar-refractivity contribution in [3.63, 3.8) is 0 Å². The van der Waals surface area contributed by atoms with E-state index in [4.69, 9.17) is 16.3 Å². The molecular weight excluding hydrogens is 364 g/mol. The fourth-order valence-corrected chi connectivity index (χ4v) is 3.92. The third kappa shape index (κ3) is 4.05. The van der Waals surface area contributed by atoms with Crippen molar-refractivity contribution in [3.8, 4) is 0 Å². The van der Waals surface area contributed by atoms with Crippen molar-refractivity contribution < 1.29 is 75.5 Å². The van der Waals surface area contributed by atoms with Crippen LogP contribution in [0.5, 0.6) is 0 Å². The summed E-state index contributed by atoms with van der Waals surface area (Å²) >= 11 is 6.02. The molecule has 8 heteroatoms. The molecule has 2 aliphatic heterocycles. The second-order valence-electron chi connectivity index (χ2n) is 6.31. The van der Waals surface area contributed by atoms with Gasteiger partial charge in [0.2, 0.25) is 0 Å². The minimum Gasteiger partial charge on any atom is -0.548 e. The first-order chi connectivity index (χ1) is 10.9. The number of likely N-dealkylation sites (tertiary alicyclic amines) is 1. The first kappa shape index (κ1) is 20.7. The molecule has 1 aromatic carbocycles. The van der Waals surface area contributed by atoms with Gasteiger partial charge < -0.3 is 19.7 Å². The number of hydrogen-bond acceptors (Lipinski definition) is 5. The zero-order chi connectivity index (χ0) is 16.6. The van der Waals surface area contributed by atoms with Crippen LogP contribution in [0.1, 0.15) is 24.4 Å². The predicted molar refractivity (Wildman–Crippen MR) is 79.2 cm³/mol. The summed E-state index contributed by atoms with van der Waals surface area (Å²) in [6.45, 7) is 1.74. The number of carboxylic acids is 1. The molecule has 1 aromatic rings. The average molecular weight is 382 g/mol. The Morgan fingerprint density at radius 2 is 2.12 bits per heavy atom. The van der Waals surface area contributed by atoms with Crippen molar-refractivity contribution in [1.82, 2.24) is 4.90 Å². The van der Waals surface area contributed by atoms with E-state index in [1.807, 2.05) is 0 Å². The number of carboxylic acid groups (broad SMARTS) is 1. The molecule has 24 heavy (non-hydrogen) atoms. The fraction of sp³-hybridized carbons (Fsp3) is 0.562. The summed E-state index contributed by atoms with van der Waals surface area (Å²) in [4.78, 5) is 13.3. The standard InChI is InChI=1S/C16H19ClFNO4.K/c17-12-7-10(18)1-2-11(12)14(15(21)22)19-8-13(20)16(9-19)3-5-23-6-4-16;/h1-2,7,13-14,20H,3-6,8-9H2,(H,21,22);/q;+1/p-1. The number of benzene rings is 1. The number of aliphatic carboxylic acids is 1. The van der Waals surface area contributed by atoms with E-state index in [0.717, 1.165) is 6.07 Å². The quantitative estimate of drug-likeness (QED) is 0.599. The summed E-state index contributed by atoms with van der Waals surface area (Å²) in [5.41, 5.74) is -0.0808. The maximum atomic E-state index is 13.2. The van der Waals surface area contributed by atoms with Crippen LogP contribution in [0.2, 0.25) is 5.02 Å². The van der Waals surface area contributed by atoms with Crippen LogP contribution in [0.25, 0.3) is 0 Å². The number of rotatable bonds is 3. The summed E-state index contributed by atoms with van der Waals surface area (Å²) < 4.78 is 18.6. The fourth-order valence-electron chi connectivity index (χ4n) is 3.65. The van der Waals surface area contributed by atoms with Gasteiger partial charge in [-0.2, -0.15) is 0 Å². The topological polar surface area (TPSA) is 72.8 Å². The zero-order valence-corrected chi connectivity index (χ0v) is 17.4. The maximum absolute atomic E-state index is 13.2. The van der Waals surface area contributed by atoms with Crippen LogP contribution in [-0.4, -0.2) is 48.4 Å². The molecule has 0 aromatic heterocycles. The molecule has 0 radical (unpaired) electrons. The van der Waals surface area contributed by atoms with Crippen molar-refractivity contribution in [1.29, 1.82) is 0 Å². The molecule has 2 fully saturated rings. The molecule has 3 rings (SSSR count). The number of carbonyl (C=O) groups excluding carboxylic acids is 1. The normalized spacial score (nSPS) is 24.5. The average Bonchev–Trinajstić information content (AvgIpc) is 2.78. The zero-order valence-electron chi connectivity index (χ0n) is 13.5. The number of aliphatic hydroxyl groups is 1. The smallest absolute Gasteiger partial charge is 0.548 e. The van der Waals surface area contributed by atoms with E-state index in [1.165, 1.54) is 12.1 Å². The summed E-state index contributed by atoms with van der Waals surface area (Å²) in [5.74, 6) is -1.84. The number of hydrogen-bond donors (Lipinski definition) is 1. The molecule has 126 valence electrons. The summed E-state index contributed by atoms with van der Waals surface area (Å²) in [6, 6.07) is 2.51. The van der Waals surface area contributed by atoms with Gasteiger partial charge in [-0.15, -0.1) is 0 Å². The minimum absolute atomic E-state index is 0. The molecule has 1 N–H and O–H groups in total. The van der Waals surface area contributed by atoms with Gasteiger partial charge in [0, 0.05) is 36.7 Å². The van der Waals surface area contributed by atoms with Gasteiger partial charge >= 0.3 is 51.4 Å². The molecule has 0 saturated carbocycles. The van der Waals surface area contributed by atoms with E-state index in [1.54, 1.807) is 4.90 Å². The second-order valence-corrected chi connectivity index (χ2v) is 6.71. The number of halogens is 2. The predicted octanol–water partition coefficient (Wildman–Crippen LogP) is -2.25. The van der Waals surface area contributed by atoms with Gasteiger partial charge in [0.1, 0.15) is 5.82 Å². The van der Waals surface area contributed by atoms with E-state index in [-0.39, 0.29) is 73.9 Å². The SMILES string of the molecule is O=C([O-])C(c1ccc(F)cc1Cl)N1CC(O)C2(CCOCC2)C1.[K+]. The van der Waals surface area contributed by atoms with Crippen LogP contribution >= 0.6 is 11.6 Å². The van der Waals surface area contributed by atoms with Crippen LogP contribution in [0.4, 0.5) is 4.39 Å². The number of ether oxygens (including phenoxy) is 1. The van der Waals surface area contributed by atoms with Crippen LogP contribution < -0.4 is 56.5 Å². The van der Waals surface area contributed by atoms with Gasteiger partial charge in [0.15, 0.2) is 0 Å². The Morgan fingerprint density at radius 1 is 1.46 bits per heavy atom. The summed E-state index contributed by atoms with van der Waals surface area (Å²) in [5, 5.41) is 22.2. The van der Waals surface area contributed by atoms with Gasteiger partial charge in [0.25, 0.3) is 0 Å². The van der Waals surface area contributed by atoms with Crippen molar-refractivity contribution in [3.05, 3.63) is 34.6 Å². The van der Waals surface area contributed by atoms with Gasteiger partial charge in [-0.05, 0) is 30.5 Å². The molecule has 2 unspecified atom stereocenters. The van der Waals surface area contributed by atoms with Crippen molar-refractivity contribution >= 4 is 17.6 Å². The molecule has 0 amide bonds. The Kier molecular flexibility index (Phi) is 7.27. The largest absolute Gasteiger partial charge is 1.00 e. The van der Waals surface area contributed by atoms with Crippen LogP contribution in [0.15, 0.2) is 18.2 Å². The summed E-state index contributed by atoms with van der Waals surface area (Å²) in [6.07, 6.45) is 0.732. The summed E-state index contributed by atoms with van der Waals surface area (Å²) in [7, 11) is 0. The Morgan fingerprint density at radius 3 is 2.71 bits per heavy atom. The molecular formula is C16H18ClFKNO4. The van der Waals surface area contributed by atoms with Gasteiger partial charge in [-0.3, -0.25) is 4.90 Å². The number of nitrogens with zero attached hydrogens (tertiary/aromatic N) is 1. The third-order valence-corrected chi connectivity index (χ3v) is 5.29. The maximum Gasteiger partial charge on any atom is 1.00 e. The van der Waals surface area contributed by atoms with Crippen LogP contribution in [0, 0.1) is 11.2 Å². The molecule has 5 nitrogen and oxygen atoms in total. The molecule has 2 atom stereocenters. The van der Waals surface area contributed by atoms with Crippen molar-refractivity contribution in [2.75, 3.05) is 26.3 Å². The van der Waals surface area contributed by atoms with Crippen molar-refractivity contribution in [2.45, 2.75) is 25.0 Å². The Labute approximate surface area is 187 Å². The van der Waals surface area contributed by atoms with Gasteiger partial charge in [-0.25, -0.2) is 4.39 Å². The van der Waals surface area contributed by atoms with E-state index in [9.17, 15) is 19.4 Å². The molecule has 1 spiro atoms. The number of aliphatic hydroxyl groups excluding tert-OH is 1.